The fourth-order valence-corrected chi connectivity index (χ4v) is 2.65. The fourth-order valence-electron chi connectivity index (χ4n) is 2.65. The summed E-state index contributed by atoms with van der Waals surface area (Å²) in [6.07, 6.45) is 2.79. The molecule has 0 aliphatic carbocycles. The lowest BCUT2D eigenvalue weighted by Crippen LogP contribution is -2.41. The predicted octanol–water partition coefficient (Wildman–Crippen LogP) is 1.29. The molecule has 1 fully saturated rings. The molecule has 2 rings (SSSR count). The summed E-state index contributed by atoms with van der Waals surface area (Å²) in [4.78, 5) is 23.3. The van der Waals surface area contributed by atoms with Crippen molar-refractivity contribution in [2.75, 3.05) is 32.8 Å². The summed E-state index contributed by atoms with van der Waals surface area (Å²) >= 11 is 0. The highest BCUT2D eigenvalue weighted by Crippen LogP contribution is 2.13. The topological polar surface area (TPSA) is 76.7 Å². The average molecular weight is 334 g/mol. The van der Waals surface area contributed by atoms with E-state index in [9.17, 15) is 9.59 Å². The van der Waals surface area contributed by atoms with Crippen LogP contribution in [0.2, 0.25) is 0 Å². The van der Waals surface area contributed by atoms with Crippen molar-refractivity contribution in [3.63, 3.8) is 0 Å². The van der Waals surface area contributed by atoms with Crippen LogP contribution < -0.4 is 15.4 Å². The van der Waals surface area contributed by atoms with Crippen molar-refractivity contribution >= 4 is 11.9 Å². The van der Waals surface area contributed by atoms with E-state index < -0.39 is 0 Å². The van der Waals surface area contributed by atoms with Crippen molar-refractivity contribution in [2.24, 2.45) is 5.92 Å². The van der Waals surface area contributed by atoms with Gasteiger partial charge in [-0.25, -0.2) is 4.79 Å². The van der Waals surface area contributed by atoms with Crippen LogP contribution in [0.3, 0.4) is 0 Å². The molecule has 0 bridgehead atoms. The van der Waals surface area contributed by atoms with E-state index >= 15 is 0 Å². The second kappa shape index (κ2) is 9.93. The zero-order chi connectivity index (χ0) is 17.2. The molecule has 132 valence electrons. The second-order valence-corrected chi connectivity index (χ2v) is 5.82. The van der Waals surface area contributed by atoms with Crippen LogP contribution in [0.25, 0.3) is 0 Å². The van der Waals surface area contributed by atoms with Crippen LogP contribution in [-0.4, -0.2) is 44.7 Å². The molecule has 0 aromatic heterocycles. The maximum atomic E-state index is 12.0. The van der Waals surface area contributed by atoms with Crippen LogP contribution in [0.4, 0.5) is 0 Å². The van der Waals surface area contributed by atoms with Gasteiger partial charge in [0.05, 0.1) is 12.5 Å². The first-order valence-corrected chi connectivity index (χ1v) is 8.55. The number of nitrogens with one attached hydrogen (secondary N) is 2. The van der Waals surface area contributed by atoms with Gasteiger partial charge in [0, 0.05) is 13.1 Å². The van der Waals surface area contributed by atoms with E-state index in [0.29, 0.717) is 18.9 Å². The molecule has 1 aliphatic rings. The normalized spacial score (nSPS) is 17.1. The first kappa shape index (κ1) is 18.3. The minimum atomic E-state index is -0.374. The summed E-state index contributed by atoms with van der Waals surface area (Å²) in [6.45, 7) is 4.43. The van der Waals surface area contributed by atoms with E-state index in [-0.39, 0.29) is 24.4 Å². The Kier molecular flexibility index (Phi) is 7.55. The first-order valence-electron chi connectivity index (χ1n) is 8.55. The van der Waals surface area contributed by atoms with Gasteiger partial charge in [-0.05, 0) is 50.4 Å². The highest BCUT2D eigenvalue weighted by molar-refractivity contribution is 5.78. The smallest absolute Gasteiger partial charge is 0.344 e. The number of carbonyl (C=O) groups is 2. The number of carbonyl (C=O) groups excluding carboxylic acids is 2. The van der Waals surface area contributed by atoms with Crippen molar-refractivity contribution < 1.29 is 19.1 Å². The average Bonchev–Trinajstić information content (AvgIpc) is 2.62. The quantitative estimate of drug-likeness (QED) is 0.701. The zero-order valence-corrected chi connectivity index (χ0v) is 14.2. The van der Waals surface area contributed by atoms with Crippen LogP contribution in [0.5, 0.6) is 5.75 Å². The summed E-state index contributed by atoms with van der Waals surface area (Å²) in [6, 6.07) is 7.52. The molecule has 1 aliphatic heterocycles. The van der Waals surface area contributed by atoms with Gasteiger partial charge in [-0.3, -0.25) is 4.79 Å². The Balaban J connectivity index is 1.67. The van der Waals surface area contributed by atoms with E-state index in [4.69, 9.17) is 9.47 Å². The van der Waals surface area contributed by atoms with Crippen LogP contribution >= 0.6 is 0 Å². The minimum Gasteiger partial charge on any atom is -0.482 e. The van der Waals surface area contributed by atoms with Gasteiger partial charge in [-0.2, -0.15) is 0 Å². The maximum Gasteiger partial charge on any atom is 0.344 e. The fraction of sp³-hybridized carbons (Fsp3) is 0.556. The molecular weight excluding hydrogens is 308 g/mol. The van der Waals surface area contributed by atoms with Crippen LogP contribution in [0, 0.1) is 5.92 Å². The van der Waals surface area contributed by atoms with E-state index in [0.717, 1.165) is 37.9 Å². The number of hydrogen-bond acceptors (Lipinski definition) is 5. The number of esters is 1. The zero-order valence-electron chi connectivity index (χ0n) is 14.2. The third kappa shape index (κ3) is 6.20. The molecule has 1 aromatic rings. The monoisotopic (exact) mass is 334 g/mol. The van der Waals surface area contributed by atoms with Crippen molar-refractivity contribution in [3.05, 3.63) is 29.8 Å². The molecule has 0 radical (unpaired) electrons. The van der Waals surface area contributed by atoms with Gasteiger partial charge >= 0.3 is 5.97 Å². The van der Waals surface area contributed by atoms with Crippen LogP contribution in [0.1, 0.15) is 25.3 Å². The molecule has 2 N–H and O–H groups in total. The van der Waals surface area contributed by atoms with E-state index in [1.54, 1.807) is 6.92 Å². The number of amides is 1. The Labute approximate surface area is 142 Å². The summed E-state index contributed by atoms with van der Waals surface area (Å²) in [5, 5.41) is 6.25. The highest BCUT2D eigenvalue weighted by Gasteiger charge is 2.20. The molecule has 1 heterocycles. The Hall–Kier alpha value is -2.08. The molecule has 6 heteroatoms. The van der Waals surface area contributed by atoms with E-state index in [1.165, 1.54) is 0 Å². The van der Waals surface area contributed by atoms with E-state index in [2.05, 4.69) is 10.6 Å². The van der Waals surface area contributed by atoms with Gasteiger partial charge in [0.2, 0.25) is 5.91 Å². The van der Waals surface area contributed by atoms with Gasteiger partial charge in [-0.15, -0.1) is 0 Å². The third-order valence-electron chi connectivity index (χ3n) is 3.97. The third-order valence-corrected chi connectivity index (χ3v) is 3.97. The Morgan fingerprint density at radius 3 is 2.75 bits per heavy atom. The Morgan fingerprint density at radius 1 is 1.29 bits per heavy atom. The van der Waals surface area contributed by atoms with Crippen molar-refractivity contribution in [1.82, 2.24) is 10.6 Å². The minimum absolute atomic E-state index is 0.0847. The molecule has 1 atom stereocenters. The van der Waals surface area contributed by atoms with Crippen molar-refractivity contribution in [2.45, 2.75) is 26.2 Å². The number of rotatable bonds is 8. The summed E-state index contributed by atoms with van der Waals surface area (Å²) in [5.74, 6) is 0.486. The van der Waals surface area contributed by atoms with Crippen molar-refractivity contribution in [1.29, 1.82) is 0 Å². The molecule has 0 spiro atoms. The first-order chi connectivity index (χ1) is 11.7. The number of ether oxygens (including phenoxy) is 2. The van der Waals surface area contributed by atoms with Gasteiger partial charge in [0.15, 0.2) is 6.61 Å². The Bertz CT molecular complexity index is 524. The second-order valence-electron chi connectivity index (χ2n) is 5.82. The van der Waals surface area contributed by atoms with Crippen LogP contribution in [0.15, 0.2) is 24.3 Å². The maximum absolute atomic E-state index is 12.0. The molecule has 0 saturated carbocycles. The number of piperidine rings is 1. The lowest BCUT2D eigenvalue weighted by molar-refractivity contribution is -0.145. The molecular formula is C18H26N2O4. The number of hydrogen-bond donors (Lipinski definition) is 2. The molecule has 1 amide bonds. The molecule has 24 heavy (non-hydrogen) atoms. The van der Waals surface area contributed by atoms with Gasteiger partial charge < -0.3 is 20.1 Å². The van der Waals surface area contributed by atoms with Crippen molar-refractivity contribution in [3.8, 4) is 5.75 Å². The van der Waals surface area contributed by atoms with Gasteiger partial charge in [-0.1, -0.05) is 12.1 Å². The standard InChI is InChI=1S/C18H26N2O4/c1-2-23-17(21)13-24-16-7-5-14(6-8-16)9-11-20-18(22)15-4-3-10-19-12-15/h5-8,15,19H,2-4,9-13H2,1H3,(H,20,22). The van der Waals surface area contributed by atoms with Crippen LogP contribution in [-0.2, 0) is 20.7 Å². The Morgan fingerprint density at radius 2 is 2.08 bits per heavy atom. The molecule has 1 saturated heterocycles. The lowest BCUT2D eigenvalue weighted by atomic mass is 9.99. The number of benzene rings is 1. The summed E-state index contributed by atoms with van der Waals surface area (Å²) in [7, 11) is 0. The summed E-state index contributed by atoms with van der Waals surface area (Å²) < 4.78 is 10.2. The summed E-state index contributed by atoms with van der Waals surface area (Å²) in [5.41, 5.74) is 1.11. The molecule has 1 unspecified atom stereocenters. The molecule has 6 nitrogen and oxygen atoms in total. The van der Waals surface area contributed by atoms with Gasteiger partial charge in [0.1, 0.15) is 5.75 Å². The highest BCUT2D eigenvalue weighted by atomic mass is 16.6. The molecule has 1 aromatic carbocycles. The largest absolute Gasteiger partial charge is 0.482 e. The lowest BCUT2D eigenvalue weighted by Gasteiger charge is -2.21. The van der Waals surface area contributed by atoms with Gasteiger partial charge in [0.25, 0.3) is 0 Å². The SMILES string of the molecule is CCOC(=O)COc1ccc(CCNC(=O)C2CCCNC2)cc1. The predicted molar refractivity (Wildman–Crippen MR) is 90.9 cm³/mol. The van der Waals surface area contributed by atoms with E-state index in [1.807, 2.05) is 24.3 Å².